The van der Waals surface area contributed by atoms with Gasteiger partial charge in [-0.1, -0.05) is 19.4 Å². The van der Waals surface area contributed by atoms with Crippen LogP contribution in [0.5, 0.6) is 11.5 Å². The molecule has 1 aromatic carbocycles. The molecule has 0 atom stereocenters. The normalized spacial score (nSPS) is 18.3. The summed E-state index contributed by atoms with van der Waals surface area (Å²) in [6, 6.07) is 7.08. The van der Waals surface area contributed by atoms with Crippen LogP contribution in [0.3, 0.4) is 0 Å². The highest BCUT2D eigenvalue weighted by atomic mass is 16.5. The number of ether oxygens (including phenoxy) is 2. The molecule has 0 saturated heterocycles. The molecular formula is C18H24N2O3. The fourth-order valence-corrected chi connectivity index (χ4v) is 2.75. The lowest BCUT2D eigenvalue weighted by Crippen LogP contribution is -2.28. The molecule has 0 fully saturated rings. The van der Waals surface area contributed by atoms with Gasteiger partial charge < -0.3 is 9.47 Å². The van der Waals surface area contributed by atoms with Gasteiger partial charge in [-0.3, -0.25) is 4.79 Å². The molecule has 23 heavy (non-hydrogen) atoms. The van der Waals surface area contributed by atoms with Crippen LogP contribution in [-0.2, 0) is 4.79 Å². The molecule has 5 heteroatoms. The number of hydrogen-bond donors (Lipinski definition) is 1. The number of nitrogens with zero attached hydrogens (tertiary/aromatic N) is 1. The first-order valence-electron chi connectivity index (χ1n) is 7.67. The average molecular weight is 316 g/mol. The van der Waals surface area contributed by atoms with Crippen LogP contribution >= 0.6 is 0 Å². The third-order valence-electron chi connectivity index (χ3n) is 3.58. The molecule has 0 heterocycles. The van der Waals surface area contributed by atoms with Crippen LogP contribution in [0.1, 0.15) is 33.6 Å². The minimum absolute atomic E-state index is 0.0742. The van der Waals surface area contributed by atoms with Gasteiger partial charge in [0.2, 0.25) is 0 Å². The third-order valence-corrected chi connectivity index (χ3v) is 3.58. The molecule has 1 aliphatic carbocycles. The predicted molar refractivity (Wildman–Crippen MR) is 90.8 cm³/mol. The second-order valence-electron chi connectivity index (χ2n) is 6.61. The van der Waals surface area contributed by atoms with E-state index in [1.165, 1.54) is 5.57 Å². The van der Waals surface area contributed by atoms with Crippen molar-refractivity contribution >= 4 is 11.6 Å². The Morgan fingerprint density at radius 1 is 1.22 bits per heavy atom. The molecule has 5 nitrogen and oxygen atoms in total. The average Bonchev–Trinajstić information content (AvgIpc) is 2.49. The van der Waals surface area contributed by atoms with Crippen molar-refractivity contribution in [1.82, 2.24) is 5.43 Å². The van der Waals surface area contributed by atoms with E-state index in [1.807, 2.05) is 6.08 Å². The summed E-state index contributed by atoms with van der Waals surface area (Å²) >= 11 is 0. The van der Waals surface area contributed by atoms with E-state index >= 15 is 0 Å². The van der Waals surface area contributed by atoms with Crippen LogP contribution < -0.4 is 14.9 Å². The molecule has 2 rings (SSSR count). The van der Waals surface area contributed by atoms with Gasteiger partial charge in [0.05, 0.1) is 12.8 Å². The zero-order chi connectivity index (χ0) is 16.9. The molecule has 124 valence electrons. The molecule has 1 amide bonds. The molecule has 1 aliphatic rings. The summed E-state index contributed by atoms with van der Waals surface area (Å²) in [5.41, 5.74) is 4.92. The minimum atomic E-state index is -0.275. The quantitative estimate of drug-likeness (QED) is 0.848. The van der Waals surface area contributed by atoms with Gasteiger partial charge in [-0.05, 0) is 55.5 Å². The first-order valence-corrected chi connectivity index (χ1v) is 7.67. The molecule has 0 spiro atoms. The van der Waals surface area contributed by atoms with Crippen molar-refractivity contribution in [2.24, 2.45) is 10.5 Å². The van der Waals surface area contributed by atoms with Gasteiger partial charge in [0, 0.05) is 0 Å². The molecule has 1 aromatic rings. The van der Waals surface area contributed by atoms with Crippen molar-refractivity contribution in [2.75, 3.05) is 13.7 Å². The van der Waals surface area contributed by atoms with E-state index in [2.05, 4.69) is 31.3 Å². The second kappa shape index (κ2) is 7.31. The molecule has 0 radical (unpaired) electrons. The van der Waals surface area contributed by atoms with Gasteiger partial charge in [-0.2, -0.15) is 5.10 Å². The number of carbonyl (C=O) groups is 1. The van der Waals surface area contributed by atoms with E-state index in [0.717, 1.165) is 24.3 Å². The highest BCUT2D eigenvalue weighted by Gasteiger charge is 2.24. The number of benzene rings is 1. The smallest absolute Gasteiger partial charge is 0.277 e. The van der Waals surface area contributed by atoms with Crippen molar-refractivity contribution in [3.63, 3.8) is 0 Å². The Balaban J connectivity index is 1.85. The summed E-state index contributed by atoms with van der Waals surface area (Å²) in [7, 11) is 1.60. The number of hydrazone groups is 1. The fraction of sp³-hybridized carbons (Fsp3) is 0.444. The molecule has 0 bridgehead atoms. The van der Waals surface area contributed by atoms with Crippen molar-refractivity contribution < 1.29 is 14.3 Å². The molecule has 1 N–H and O–H groups in total. The Bertz CT molecular complexity index is 616. The van der Waals surface area contributed by atoms with Crippen LogP contribution in [-0.4, -0.2) is 25.3 Å². The van der Waals surface area contributed by atoms with Gasteiger partial charge in [-0.15, -0.1) is 0 Å². The first-order chi connectivity index (χ1) is 10.9. The van der Waals surface area contributed by atoms with Crippen LogP contribution in [0.15, 0.2) is 41.0 Å². The minimum Gasteiger partial charge on any atom is -0.497 e. The number of methoxy groups -OCH3 is 1. The van der Waals surface area contributed by atoms with Crippen molar-refractivity contribution in [2.45, 2.75) is 33.6 Å². The second-order valence-corrected chi connectivity index (χ2v) is 6.61. The number of nitrogens with one attached hydrogen (secondary N) is 1. The number of hydrogen-bond acceptors (Lipinski definition) is 4. The zero-order valence-corrected chi connectivity index (χ0v) is 14.2. The standard InChI is InChI=1S/C18H24N2O3/c1-13-9-14(11-18(2,3)10-13)19-20-17(21)12-23-16-7-5-15(22-4)6-8-16/h5-9H,10-12H2,1-4H3,(H,20,21)/b19-14+. The van der Waals surface area contributed by atoms with Crippen LogP contribution in [0.4, 0.5) is 0 Å². The number of rotatable bonds is 5. The van der Waals surface area contributed by atoms with Crippen molar-refractivity contribution in [3.8, 4) is 11.5 Å². The lowest BCUT2D eigenvalue weighted by atomic mass is 9.77. The lowest BCUT2D eigenvalue weighted by molar-refractivity contribution is -0.123. The van der Waals surface area contributed by atoms with E-state index < -0.39 is 0 Å². The molecule has 0 unspecified atom stereocenters. The maximum Gasteiger partial charge on any atom is 0.277 e. The zero-order valence-electron chi connectivity index (χ0n) is 14.2. The largest absolute Gasteiger partial charge is 0.497 e. The third kappa shape index (κ3) is 5.43. The van der Waals surface area contributed by atoms with E-state index in [-0.39, 0.29) is 17.9 Å². The summed E-state index contributed by atoms with van der Waals surface area (Å²) in [6.45, 7) is 6.42. The van der Waals surface area contributed by atoms with Gasteiger partial charge >= 0.3 is 0 Å². The van der Waals surface area contributed by atoms with E-state index in [4.69, 9.17) is 9.47 Å². The first kappa shape index (κ1) is 17.1. The molecule has 0 saturated carbocycles. The summed E-state index contributed by atoms with van der Waals surface area (Å²) in [6.07, 6.45) is 3.94. The van der Waals surface area contributed by atoms with E-state index in [1.54, 1.807) is 31.4 Å². The molecular weight excluding hydrogens is 292 g/mol. The SMILES string of the molecule is COc1ccc(OCC(=O)N/N=C2\C=C(C)CC(C)(C)C2)cc1. The summed E-state index contributed by atoms with van der Waals surface area (Å²) in [5, 5.41) is 4.21. The number of amides is 1. The molecule has 0 aromatic heterocycles. The number of carbonyl (C=O) groups excluding carboxylic acids is 1. The maximum atomic E-state index is 11.8. The van der Waals surface area contributed by atoms with Gasteiger partial charge in [0.1, 0.15) is 11.5 Å². The van der Waals surface area contributed by atoms with Crippen molar-refractivity contribution in [1.29, 1.82) is 0 Å². The van der Waals surface area contributed by atoms with Crippen molar-refractivity contribution in [3.05, 3.63) is 35.9 Å². The van der Waals surface area contributed by atoms with Crippen LogP contribution in [0.2, 0.25) is 0 Å². The Morgan fingerprint density at radius 3 is 2.48 bits per heavy atom. The van der Waals surface area contributed by atoms with Gasteiger partial charge in [0.25, 0.3) is 5.91 Å². The molecule has 0 aliphatic heterocycles. The Kier molecular flexibility index (Phi) is 5.42. The summed E-state index contributed by atoms with van der Waals surface area (Å²) < 4.78 is 10.5. The van der Waals surface area contributed by atoms with Crippen LogP contribution in [0.25, 0.3) is 0 Å². The van der Waals surface area contributed by atoms with Gasteiger partial charge in [-0.25, -0.2) is 5.43 Å². The summed E-state index contributed by atoms with van der Waals surface area (Å²) in [4.78, 5) is 11.8. The Labute approximate surface area is 137 Å². The number of allylic oxidation sites excluding steroid dienone is 2. The van der Waals surface area contributed by atoms with Crippen LogP contribution in [0, 0.1) is 5.41 Å². The van der Waals surface area contributed by atoms with E-state index in [9.17, 15) is 4.79 Å². The van der Waals surface area contributed by atoms with Gasteiger partial charge in [0.15, 0.2) is 6.61 Å². The topological polar surface area (TPSA) is 59.9 Å². The highest BCUT2D eigenvalue weighted by Crippen LogP contribution is 2.33. The van der Waals surface area contributed by atoms with E-state index in [0.29, 0.717) is 5.75 Å². The Hall–Kier alpha value is -2.30. The Morgan fingerprint density at radius 2 is 1.87 bits per heavy atom. The predicted octanol–water partition coefficient (Wildman–Crippen LogP) is 3.31. The lowest BCUT2D eigenvalue weighted by Gasteiger charge is -2.29. The maximum absolute atomic E-state index is 11.8. The fourth-order valence-electron chi connectivity index (χ4n) is 2.75. The monoisotopic (exact) mass is 316 g/mol. The highest BCUT2D eigenvalue weighted by molar-refractivity contribution is 5.97. The summed E-state index contributed by atoms with van der Waals surface area (Å²) in [5.74, 6) is 1.08.